The van der Waals surface area contributed by atoms with Gasteiger partial charge in [0.2, 0.25) is 0 Å². The Morgan fingerprint density at radius 2 is 1.11 bits per heavy atom. The lowest BCUT2D eigenvalue weighted by Crippen LogP contribution is -2.47. The first-order valence-corrected chi connectivity index (χ1v) is 9.40. The summed E-state index contributed by atoms with van der Waals surface area (Å²) in [6.45, 7) is 1.11. The van der Waals surface area contributed by atoms with Crippen molar-refractivity contribution in [1.82, 2.24) is 4.90 Å². The monoisotopic (exact) mass is 375 g/mol. The highest BCUT2D eigenvalue weighted by Crippen LogP contribution is 2.19. The molecule has 2 atom stereocenters. The number of benzene rings is 3. The van der Waals surface area contributed by atoms with Crippen molar-refractivity contribution in [3.63, 3.8) is 0 Å². The molecule has 0 saturated carbocycles. The highest BCUT2D eigenvalue weighted by atomic mass is 16.4. The van der Waals surface area contributed by atoms with Gasteiger partial charge >= 0.3 is 5.97 Å². The van der Waals surface area contributed by atoms with E-state index in [1.807, 2.05) is 91.0 Å². The van der Waals surface area contributed by atoms with Gasteiger partial charge in [-0.25, -0.2) is 4.79 Å². The number of aliphatic hydroxyl groups excluding tert-OH is 1. The van der Waals surface area contributed by atoms with Gasteiger partial charge in [-0.05, 0) is 23.1 Å². The molecule has 4 heteroatoms. The molecule has 3 aromatic rings. The Kier molecular flexibility index (Phi) is 6.95. The van der Waals surface area contributed by atoms with E-state index in [-0.39, 0.29) is 0 Å². The standard InChI is InChI=1S/C24H25NO3/c26-23(24(27)28)22(16-19-10-4-1-5-11-19)25(17-20-12-6-2-7-13-20)18-21-14-8-3-9-15-21/h1-15,22-23,26H,16-18H2,(H,27,28)/t22-,23+/m0/s1. The van der Waals surface area contributed by atoms with Crippen LogP contribution in [-0.2, 0) is 24.3 Å². The summed E-state index contributed by atoms with van der Waals surface area (Å²) in [7, 11) is 0. The molecule has 0 unspecified atom stereocenters. The maximum atomic E-state index is 11.7. The van der Waals surface area contributed by atoms with E-state index in [0.29, 0.717) is 19.5 Å². The fourth-order valence-electron chi connectivity index (χ4n) is 3.39. The largest absolute Gasteiger partial charge is 0.479 e. The lowest BCUT2D eigenvalue weighted by Gasteiger charge is -2.34. The van der Waals surface area contributed by atoms with Crippen molar-refractivity contribution in [2.24, 2.45) is 0 Å². The van der Waals surface area contributed by atoms with Crippen LogP contribution >= 0.6 is 0 Å². The summed E-state index contributed by atoms with van der Waals surface area (Å²) in [5.41, 5.74) is 3.15. The Morgan fingerprint density at radius 3 is 1.50 bits per heavy atom. The van der Waals surface area contributed by atoms with Crippen LogP contribution in [0.2, 0.25) is 0 Å². The second-order valence-electron chi connectivity index (χ2n) is 6.92. The average Bonchev–Trinajstić information content (AvgIpc) is 2.73. The van der Waals surface area contributed by atoms with Crippen LogP contribution in [0.3, 0.4) is 0 Å². The number of hydrogen-bond acceptors (Lipinski definition) is 3. The molecule has 144 valence electrons. The Balaban J connectivity index is 1.92. The van der Waals surface area contributed by atoms with E-state index in [0.717, 1.165) is 16.7 Å². The van der Waals surface area contributed by atoms with Crippen LogP contribution in [0.1, 0.15) is 16.7 Å². The number of nitrogens with zero attached hydrogens (tertiary/aromatic N) is 1. The van der Waals surface area contributed by atoms with Gasteiger partial charge in [0.05, 0.1) is 6.04 Å². The second-order valence-corrected chi connectivity index (χ2v) is 6.92. The lowest BCUT2D eigenvalue weighted by atomic mass is 9.98. The topological polar surface area (TPSA) is 60.8 Å². The highest BCUT2D eigenvalue weighted by Gasteiger charge is 2.31. The fourth-order valence-corrected chi connectivity index (χ4v) is 3.39. The fraction of sp³-hybridized carbons (Fsp3) is 0.208. The molecule has 4 nitrogen and oxygen atoms in total. The summed E-state index contributed by atoms with van der Waals surface area (Å²) < 4.78 is 0. The maximum absolute atomic E-state index is 11.7. The van der Waals surface area contributed by atoms with Crippen LogP contribution in [0.25, 0.3) is 0 Å². The average molecular weight is 375 g/mol. The van der Waals surface area contributed by atoms with Gasteiger partial charge in [-0.3, -0.25) is 4.90 Å². The molecule has 0 aliphatic carbocycles. The van der Waals surface area contributed by atoms with E-state index in [2.05, 4.69) is 4.90 Å². The molecule has 0 spiro atoms. The van der Waals surface area contributed by atoms with Crippen molar-refractivity contribution < 1.29 is 15.0 Å². The number of hydrogen-bond donors (Lipinski definition) is 2. The summed E-state index contributed by atoms with van der Waals surface area (Å²) in [4.78, 5) is 13.7. The molecular formula is C24H25NO3. The predicted molar refractivity (Wildman–Crippen MR) is 110 cm³/mol. The minimum Gasteiger partial charge on any atom is -0.479 e. The first-order valence-electron chi connectivity index (χ1n) is 9.40. The van der Waals surface area contributed by atoms with Crippen LogP contribution in [0, 0.1) is 0 Å². The molecule has 28 heavy (non-hydrogen) atoms. The van der Waals surface area contributed by atoms with Crippen molar-refractivity contribution in [3.05, 3.63) is 108 Å². The van der Waals surface area contributed by atoms with Gasteiger partial charge in [-0.1, -0.05) is 91.0 Å². The first-order chi connectivity index (χ1) is 13.6. The molecule has 3 aromatic carbocycles. The maximum Gasteiger partial charge on any atom is 0.334 e. The van der Waals surface area contributed by atoms with E-state index in [1.54, 1.807) is 0 Å². The molecule has 0 amide bonds. The third kappa shape index (κ3) is 5.52. The van der Waals surface area contributed by atoms with Gasteiger partial charge in [0.15, 0.2) is 6.10 Å². The summed E-state index contributed by atoms with van der Waals surface area (Å²) >= 11 is 0. The highest BCUT2D eigenvalue weighted by molar-refractivity contribution is 5.73. The van der Waals surface area contributed by atoms with Gasteiger partial charge in [-0.15, -0.1) is 0 Å². The van der Waals surface area contributed by atoms with Crippen LogP contribution in [-0.4, -0.2) is 33.2 Å². The zero-order valence-corrected chi connectivity index (χ0v) is 15.7. The third-order valence-electron chi connectivity index (χ3n) is 4.83. The van der Waals surface area contributed by atoms with Crippen molar-refractivity contribution >= 4 is 5.97 Å². The zero-order valence-electron chi connectivity index (χ0n) is 15.7. The van der Waals surface area contributed by atoms with Gasteiger partial charge < -0.3 is 10.2 Å². The molecule has 0 bridgehead atoms. The van der Waals surface area contributed by atoms with Crippen LogP contribution in [0.4, 0.5) is 0 Å². The van der Waals surface area contributed by atoms with Gasteiger partial charge in [0, 0.05) is 13.1 Å². The Bertz CT molecular complexity index is 811. The van der Waals surface area contributed by atoms with Crippen molar-refractivity contribution in [2.75, 3.05) is 0 Å². The molecule has 2 N–H and O–H groups in total. The van der Waals surface area contributed by atoms with Gasteiger partial charge in [0.25, 0.3) is 0 Å². The Labute approximate surface area is 165 Å². The van der Waals surface area contributed by atoms with E-state index in [9.17, 15) is 15.0 Å². The SMILES string of the molecule is O=C(O)[C@H](O)[C@H](Cc1ccccc1)N(Cc1ccccc1)Cc1ccccc1. The molecule has 3 rings (SSSR count). The second kappa shape index (κ2) is 9.83. The summed E-state index contributed by atoms with van der Waals surface area (Å²) in [6, 6.07) is 29.0. The van der Waals surface area contributed by atoms with E-state index >= 15 is 0 Å². The Morgan fingerprint density at radius 1 is 0.714 bits per heavy atom. The number of carboxylic acid groups (broad SMARTS) is 1. The normalized spacial score (nSPS) is 13.2. The van der Waals surface area contributed by atoms with Gasteiger partial charge in [0.1, 0.15) is 0 Å². The molecular weight excluding hydrogens is 350 g/mol. The van der Waals surface area contributed by atoms with E-state index in [1.165, 1.54) is 0 Å². The number of rotatable bonds is 9. The minimum absolute atomic E-state index is 0.452. The van der Waals surface area contributed by atoms with Crippen LogP contribution < -0.4 is 0 Å². The van der Waals surface area contributed by atoms with Crippen molar-refractivity contribution in [2.45, 2.75) is 31.7 Å². The molecule has 0 saturated heterocycles. The molecule has 0 aliphatic heterocycles. The quantitative estimate of drug-likeness (QED) is 0.598. The summed E-state index contributed by atoms with van der Waals surface area (Å²) in [6.07, 6.45) is -1.03. The van der Waals surface area contributed by atoms with Crippen molar-refractivity contribution in [1.29, 1.82) is 0 Å². The molecule has 0 fully saturated rings. The van der Waals surface area contributed by atoms with E-state index < -0.39 is 18.1 Å². The first kappa shape index (κ1) is 19.8. The third-order valence-corrected chi connectivity index (χ3v) is 4.83. The molecule has 0 aliphatic rings. The Hall–Kier alpha value is -2.95. The molecule has 0 radical (unpaired) electrons. The number of aliphatic carboxylic acids is 1. The predicted octanol–water partition coefficient (Wildman–Crippen LogP) is 3.75. The summed E-state index contributed by atoms with van der Waals surface area (Å²) in [5.74, 6) is -1.20. The van der Waals surface area contributed by atoms with E-state index in [4.69, 9.17) is 0 Å². The van der Waals surface area contributed by atoms with Crippen molar-refractivity contribution in [3.8, 4) is 0 Å². The van der Waals surface area contributed by atoms with Crippen LogP contribution in [0.15, 0.2) is 91.0 Å². The number of aliphatic hydroxyl groups is 1. The lowest BCUT2D eigenvalue weighted by molar-refractivity contribution is -0.151. The summed E-state index contributed by atoms with van der Waals surface area (Å²) in [5, 5.41) is 20.1. The molecule has 0 aromatic heterocycles. The number of carbonyl (C=O) groups is 1. The molecule has 0 heterocycles. The van der Waals surface area contributed by atoms with Crippen LogP contribution in [0.5, 0.6) is 0 Å². The smallest absolute Gasteiger partial charge is 0.334 e. The minimum atomic E-state index is -1.48. The number of carboxylic acids is 1. The van der Waals surface area contributed by atoms with Gasteiger partial charge in [-0.2, -0.15) is 0 Å². The zero-order chi connectivity index (χ0) is 19.8.